The Bertz CT molecular complexity index is 554. The van der Waals surface area contributed by atoms with Gasteiger partial charge < -0.3 is 9.15 Å². The average molecular weight is 300 g/mol. The second-order valence-electron chi connectivity index (χ2n) is 5.46. The summed E-state index contributed by atoms with van der Waals surface area (Å²) in [6, 6.07) is 11.3. The molecule has 0 amide bonds. The van der Waals surface area contributed by atoms with Crippen molar-refractivity contribution in [2.45, 2.75) is 45.4 Å². The molecule has 0 atom stereocenters. The van der Waals surface area contributed by atoms with Gasteiger partial charge in [0.15, 0.2) is 12.0 Å². The van der Waals surface area contributed by atoms with E-state index in [1.807, 2.05) is 24.3 Å². The third-order valence-corrected chi connectivity index (χ3v) is 3.65. The minimum atomic E-state index is 0.346. The van der Waals surface area contributed by atoms with Crippen molar-refractivity contribution in [2.75, 3.05) is 6.61 Å². The van der Waals surface area contributed by atoms with Crippen molar-refractivity contribution in [3.8, 4) is 17.1 Å². The van der Waals surface area contributed by atoms with Crippen LogP contribution in [-0.4, -0.2) is 12.9 Å². The van der Waals surface area contributed by atoms with Crippen LogP contribution < -0.4 is 4.74 Å². The molecule has 0 bridgehead atoms. The number of hydrogen-bond acceptors (Lipinski definition) is 3. The Morgan fingerprint density at radius 1 is 0.955 bits per heavy atom. The Morgan fingerprint density at radius 3 is 2.36 bits per heavy atom. The maximum absolute atomic E-state index is 10.6. The van der Waals surface area contributed by atoms with Crippen LogP contribution in [-0.2, 0) is 0 Å². The molecule has 2 rings (SSSR count). The van der Waals surface area contributed by atoms with Gasteiger partial charge in [-0.05, 0) is 42.8 Å². The highest BCUT2D eigenvalue weighted by Crippen LogP contribution is 2.24. The second-order valence-corrected chi connectivity index (χ2v) is 5.46. The summed E-state index contributed by atoms with van der Waals surface area (Å²) >= 11 is 0. The van der Waals surface area contributed by atoms with Gasteiger partial charge in [-0.3, -0.25) is 4.79 Å². The minimum Gasteiger partial charge on any atom is -0.494 e. The zero-order valence-electron chi connectivity index (χ0n) is 13.2. The highest BCUT2D eigenvalue weighted by molar-refractivity contribution is 5.72. The van der Waals surface area contributed by atoms with E-state index >= 15 is 0 Å². The number of furan rings is 1. The number of rotatable bonds is 10. The maximum Gasteiger partial charge on any atom is 0.185 e. The monoisotopic (exact) mass is 300 g/mol. The summed E-state index contributed by atoms with van der Waals surface area (Å²) in [5.41, 5.74) is 0.944. The van der Waals surface area contributed by atoms with Crippen LogP contribution >= 0.6 is 0 Å². The van der Waals surface area contributed by atoms with Crippen molar-refractivity contribution in [3.63, 3.8) is 0 Å². The van der Waals surface area contributed by atoms with Gasteiger partial charge in [0.2, 0.25) is 0 Å². The number of carbonyl (C=O) groups is 1. The van der Waals surface area contributed by atoms with Crippen LogP contribution in [0.15, 0.2) is 40.8 Å². The van der Waals surface area contributed by atoms with Crippen LogP contribution in [0.2, 0.25) is 0 Å². The average Bonchev–Trinajstić information content (AvgIpc) is 3.04. The first-order chi connectivity index (χ1) is 10.8. The summed E-state index contributed by atoms with van der Waals surface area (Å²) < 4.78 is 11.1. The lowest BCUT2D eigenvalue weighted by atomic mass is 10.1. The van der Waals surface area contributed by atoms with E-state index in [1.54, 1.807) is 12.1 Å². The van der Waals surface area contributed by atoms with Crippen molar-refractivity contribution >= 4 is 6.29 Å². The fraction of sp³-hybridized carbons (Fsp3) is 0.421. The van der Waals surface area contributed by atoms with E-state index in [1.165, 1.54) is 32.1 Å². The molecule has 0 aliphatic heterocycles. The van der Waals surface area contributed by atoms with Gasteiger partial charge in [-0.25, -0.2) is 0 Å². The summed E-state index contributed by atoms with van der Waals surface area (Å²) in [4.78, 5) is 10.6. The molecule has 0 aliphatic carbocycles. The summed E-state index contributed by atoms with van der Waals surface area (Å²) in [7, 11) is 0. The van der Waals surface area contributed by atoms with Gasteiger partial charge in [0, 0.05) is 5.56 Å². The summed E-state index contributed by atoms with van der Waals surface area (Å²) in [6.07, 6.45) is 8.30. The van der Waals surface area contributed by atoms with Crippen LogP contribution in [0.4, 0.5) is 0 Å². The standard InChI is InChI=1S/C19H24O3/c1-2-3-4-5-6-7-14-21-17-10-8-16(9-11-17)19-13-12-18(15-20)22-19/h8-13,15H,2-7,14H2,1H3. The molecule has 0 unspecified atom stereocenters. The van der Waals surface area contributed by atoms with E-state index < -0.39 is 0 Å². The molecule has 2 aromatic rings. The number of unbranched alkanes of at least 4 members (excludes halogenated alkanes) is 5. The van der Waals surface area contributed by atoms with Crippen molar-refractivity contribution in [2.24, 2.45) is 0 Å². The van der Waals surface area contributed by atoms with Gasteiger partial charge in [0.25, 0.3) is 0 Å². The highest BCUT2D eigenvalue weighted by atomic mass is 16.5. The second kappa shape index (κ2) is 9.08. The zero-order chi connectivity index (χ0) is 15.6. The Kier molecular flexibility index (Phi) is 6.75. The third-order valence-electron chi connectivity index (χ3n) is 3.65. The molecule has 0 spiro atoms. The summed E-state index contributed by atoms with van der Waals surface area (Å²) in [6.45, 7) is 3.00. The first-order valence-corrected chi connectivity index (χ1v) is 8.11. The Balaban J connectivity index is 1.74. The van der Waals surface area contributed by atoms with Crippen LogP contribution in [0.5, 0.6) is 5.75 Å². The highest BCUT2D eigenvalue weighted by Gasteiger charge is 2.04. The van der Waals surface area contributed by atoms with Crippen LogP contribution in [0.3, 0.4) is 0 Å². The predicted octanol–water partition coefficient (Wildman–Crippen LogP) is 5.50. The third kappa shape index (κ3) is 5.06. The number of aldehydes is 1. The maximum atomic E-state index is 10.6. The molecule has 0 saturated carbocycles. The van der Waals surface area contributed by atoms with E-state index in [2.05, 4.69) is 6.92 Å². The number of ether oxygens (including phenoxy) is 1. The lowest BCUT2D eigenvalue weighted by Gasteiger charge is -2.06. The van der Waals surface area contributed by atoms with Crippen LogP contribution in [0.1, 0.15) is 56.0 Å². The molecule has 0 saturated heterocycles. The smallest absolute Gasteiger partial charge is 0.185 e. The summed E-state index contributed by atoms with van der Waals surface area (Å²) in [5.74, 6) is 1.92. The topological polar surface area (TPSA) is 39.4 Å². The van der Waals surface area contributed by atoms with Gasteiger partial charge in [-0.1, -0.05) is 39.0 Å². The molecular formula is C19H24O3. The van der Waals surface area contributed by atoms with Gasteiger partial charge in [-0.2, -0.15) is 0 Å². The number of hydrogen-bond donors (Lipinski definition) is 0. The van der Waals surface area contributed by atoms with E-state index in [9.17, 15) is 4.79 Å². The minimum absolute atomic E-state index is 0.346. The molecule has 3 heteroatoms. The van der Waals surface area contributed by atoms with Crippen LogP contribution in [0.25, 0.3) is 11.3 Å². The van der Waals surface area contributed by atoms with Crippen molar-refractivity contribution in [1.82, 2.24) is 0 Å². The quantitative estimate of drug-likeness (QED) is 0.429. The van der Waals surface area contributed by atoms with Gasteiger partial charge in [-0.15, -0.1) is 0 Å². The first kappa shape index (κ1) is 16.3. The molecular weight excluding hydrogens is 276 g/mol. The van der Waals surface area contributed by atoms with Gasteiger partial charge in [0.1, 0.15) is 11.5 Å². The lowest BCUT2D eigenvalue weighted by Crippen LogP contribution is -1.97. The molecule has 1 heterocycles. The van der Waals surface area contributed by atoms with Crippen molar-refractivity contribution in [3.05, 3.63) is 42.2 Å². The fourth-order valence-electron chi connectivity index (χ4n) is 2.36. The van der Waals surface area contributed by atoms with Gasteiger partial charge in [0.05, 0.1) is 6.61 Å². The molecule has 0 fully saturated rings. The summed E-state index contributed by atoms with van der Waals surface area (Å²) in [5, 5.41) is 0. The van der Waals surface area contributed by atoms with Gasteiger partial charge >= 0.3 is 0 Å². The van der Waals surface area contributed by atoms with E-state index in [0.29, 0.717) is 17.8 Å². The number of benzene rings is 1. The molecule has 118 valence electrons. The van der Waals surface area contributed by atoms with E-state index in [4.69, 9.17) is 9.15 Å². The Morgan fingerprint density at radius 2 is 1.68 bits per heavy atom. The largest absolute Gasteiger partial charge is 0.494 e. The number of carbonyl (C=O) groups excluding carboxylic acids is 1. The molecule has 0 radical (unpaired) electrons. The lowest BCUT2D eigenvalue weighted by molar-refractivity contribution is 0.110. The van der Waals surface area contributed by atoms with Crippen LogP contribution in [0, 0.1) is 0 Å². The molecule has 0 N–H and O–H groups in total. The Labute approximate surface area is 132 Å². The SMILES string of the molecule is CCCCCCCCOc1ccc(-c2ccc(C=O)o2)cc1. The van der Waals surface area contributed by atoms with E-state index in [-0.39, 0.29) is 0 Å². The Hall–Kier alpha value is -2.03. The van der Waals surface area contributed by atoms with Crippen molar-refractivity contribution < 1.29 is 13.9 Å². The van der Waals surface area contributed by atoms with Crippen molar-refractivity contribution in [1.29, 1.82) is 0 Å². The molecule has 1 aromatic carbocycles. The molecule has 3 nitrogen and oxygen atoms in total. The predicted molar refractivity (Wildman–Crippen MR) is 88.4 cm³/mol. The first-order valence-electron chi connectivity index (χ1n) is 8.11. The van der Waals surface area contributed by atoms with E-state index in [0.717, 1.165) is 24.3 Å². The zero-order valence-corrected chi connectivity index (χ0v) is 13.2. The molecule has 1 aromatic heterocycles. The normalized spacial score (nSPS) is 10.6. The molecule has 22 heavy (non-hydrogen) atoms. The fourth-order valence-corrected chi connectivity index (χ4v) is 2.36. The molecule has 0 aliphatic rings.